The van der Waals surface area contributed by atoms with Crippen molar-refractivity contribution in [1.29, 1.82) is 0 Å². The maximum absolute atomic E-state index is 4.98. The molecule has 2 fully saturated rings. The molecule has 2 aliphatic heterocycles. The summed E-state index contributed by atoms with van der Waals surface area (Å²) in [4.78, 5) is 0. The van der Waals surface area contributed by atoms with Crippen molar-refractivity contribution in [3.05, 3.63) is 0 Å². The quantitative estimate of drug-likeness (QED) is 0.450. The summed E-state index contributed by atoms with van der Waals surface area (Å²) in [7, 11) is 0. The average molecular weight is 168 g/mol. The molecule has 2 aliphatic rings. The third-order valence-corrected chi connectivity index (χ3v) is 1.95. The molecule has 2 rings (SSSR count). The monoisotopic (exact) mass is 168 g/mol. The summed E-state index contributed by atoms with van der Waals surface area (Å²) in [5, 5.41) is 7.85. The van der Waals surface area contributed by atoms with Crippen molar-refractivity contribution in [1.82, 2.24) is 0 Å². The molecule has 0 aromatic carbocycles. The second-order valence-electron chi connectivity index (χ2n) is 3.12. The van der Waals surface area contributed by atoms with Gasteiger partial charge in [0.25, 0.3) is 0 Å². The fourth-order valence-corrected chi connectivity index (χ4v) is 0.946. The molecular weight excluding hydrogens is 156 g/mol. The highest BCUT2D eigenvalue weighted by Crippen LogP contribution is 2.07. The molecule has 2 heterocycles. The Morgan fingerprint density at radius 3 is 1.50 bits per heavy atom. The second kappa shape index (κ2) is 3.78. The molecule has 0 N–H and O–H groups in total. The van der Waals surface area contributed by atoms with E-state index in [0.717, 1.165) is 26.4 Å². The lowest BCUT2D eigenvalue weighted by molar-refractivity contribution is 0.00339. The second-order valence-corrected chi connectivity index (χ2v) is 3.12. The first-order chi connectivity index (χ1) is 5.95. The van der Waals surface area contributed by atoms with Crippen LogP contribution in [0.25, 0.3) is 0 Å². The Labute approximate surface area is 71.3 Å². The Bertz CT molecular complexity index is 173. The Morgan fingerprint density at radius 1 is 0.833 bits per heavy atom. The summed E-state index contributed by atoms with van der Waals surface area (Å²) in [6.07, 6.45) is 3.69. The third-order valence-electron chi connectivity index (χ3n) is 1.95. The van der Waals surface area contributed by atoms with Crippen LogP contribution in [0.15, 0.2) is 10.2 Å². The van der Waals surface area contributed by atoms with Crippen molar-refractivity contribution < 1.29 is 9.47 Å². The average Bonchev–Trinajstić information content (AvgIpc) is 1.88. The topological polar surface area (TPSA) is 43.2 Å². The number of ether oxygens (including phenoxy) is 2. The van der Waals surface area contributed by atoms with Gasteiger partial charge in [0.05, 0.1) is 26.4 Å². The van der Waals surface area contributed by atoms with Gasteiger partial charge in [-0.05, 0) is 0 Å². The van der Waals surface area contributed by atoms with Crippen LogP contribution in [0, 0.1) is 11.8 Å². The van der Waals surface area contributed by atoms with Gasteiger partial charge in [0.15, 0.2) is 0 Å². The van der Waals surface area contributed by atoms with Crippen LogP contribution in [0.1, 0.15) is 0 Å². The highest BCUT2D eigenvalue weighted by Gasteiger charge is 2.16. The van der Waals surface area contributed by atoms with E-state index in [-0.39, 0.29) is 0 Å². The van der Waals surface area contributed by atoms with E-state index in [1.54, 1.807) is 0 Å². The van der Waals surface area contributed by atoms with Crippen molar-refractivity contribution in [2.24, 2.45) is 22.0 Å². The van der Waals surface area contributed by atoms with Gasteiger partial charge in [0.1, 0.15) is 0 Å². The van der Waals surface area contributed by atoms with Crippen molar-refractivity contribution in [3.63, 3.8) is 0 Å². The summed E-state index contributed by atoms with van der Waals surface area (Å²) < 4.78 is 9.96. The minimum absolute atomic E-state index is 0.486. The molecule has 0 unspecified atom stereocenters. The van der Waals surface area contributed by atoms with Gasteiger partial charge in [-0.15, -0.1) is 0 Å². The molecule has 0 aromatic rings. The third kappa shape index (κ3) is 1.89. The molecule has 66 valence electrons. The van der Waals surface area contributed by atoms with E-state index in [1.807, 2.05) is 12.4 Å². The predicted molar refractivity (Wildman–Crippen MR) is 45.6 cm³/mol. The Balaban J connectivity index is 1.65. The Kier molecular flexibility index (Phi) is 2.48. The van der Waals surface area contributed by atoms with Gasteiger partial charge in [0.2, 0.25) is 0 Å². The first-order valence-electron chi connectivity index (χ1n) is 4.17. The molecule has 4 nitrogen and oxygen atoms in total. The number of nitrogens with zero attached hydrogens (tertiary/aromatic N) is 2. The minimum Gasteiger partial charge on any atom is -0.380 e. The smallest absolute Gasteiger partial charge is 0.0567 e. The van der Waals surface area contributed by atoms with Crippen LogP contribution in [-0.2, 0) is 9.47 Å². The maximum atomic E-state index is 4.98. The fourth-order valence-electron chi connectivity index (χ4n) is 0.946. The number of hydrogen-bond acceptors (Lipinski definition) is 4. The molecule has 2 saturated heterocycles. The van der Waals surface area contributed by atoms with Gasteiger partial charge in [-0.1, -0.05) is 0 Å². The largest absolute Gasteiger partial charge is 0.380 e. The van der Waals surface area contributed by atoms with E-state index in [4.69, 9.17) is 9.47 Å². The lowest BCUT2D eigenvalue weighted by Gasteiger charge is -2.21. The molecule has 0 amide bonds. The lowest BCUT2D eigenvalue weighted by atomic mass is 10.1. The molecule has 0 radical (unpaired) electrons. The van der Waals surface area contributed by atoms with Crippen LogP contribution in [0.3, 0.4) is 0 Å². The summed E-state index contributed by atoms with van der Waals surface area (Å²) in [6, 6.07) is 0. The van der Waals surface area contributed by atoms with E-state index >= 15 is 0 Å². The van der Waals surface area contributed by atoms with Gasteiger partial charge in [-0.2, -0.15) is 10.2 Å². The van der Waals surface area contributed by atoms with Gasteiger partial charge in [-0.25, -0.2) is 0 Å². The molecule has 0 aromatic heterocycles. The van der Waals surface area contributed by atoms with Gasteiger partial charge in [0, 0.05) is 24.3 Å². The van der Waals surface area contributed by atoms with Crippen LogP contribution in [0.5, 0.6) is 0 Å². The van der Waals surface area contributed by atoms with Crippen LogP contribution in [-0.4, -0.2) is 38.9 Å². The van der Waals surface area contributed by atoms with Crippen molar-refractivity contribution in [2.75, 3.05) is 26.4 Å². The van der Waals surface area contributed by atoms with E-state index in [0.29, 0.717) is 11.8 Å². The Hall–Kier alpha value is -0.740. The molecule has 4 heteroatoms. The van der Waals surface area contributed by atoms with Gasteiger partial charge < -0.3 is 9.47 Å². The molecule has 0 spiro atoms. The summed E-state index contributed by atoms with van der Waals surface area (Å²) >= 11 is 0. The summed E-state index contributed by atoms with van der Waals surface area (Å²) in [5.41, 5.74) is 0. The first kappa shape index (κ1) is 7.89. The van der Waals surface area contributed by atoms with Crippen LogP contribution in [0.2, 0.25) is 0 Å². The highest BCUT2D eigenvalue weighted by atomic mass is 16.5. The molecule has 12 heavy (non-hydrogen) atoms. The standard InChI is InChI=1S/C8H12N2O2/c1(7-3-11-4-7)9-10-2-8-5-12-6-8/h1-2,7-8H,3-6H2/b9-1+,10-2+. The predicted octanol–water partition coefficient (Wildman–Crippen LogP) is 0.336. The van der Waals surface area contributed by atoms with Crippen LogP contribution >= 0.6 is 0 Å². The zero-order chi connectivity index (χ0) is 8.23. The Morgan fingerprint density at radius 2 is 1.25 bits per heavy atom. The van der Waals surface area contributed by atoms with Gasteiger partial charge in [-0.3, -0.25) is 0 Å². The zero-order valence-corrected chi connectivity index (χ0v) is 6.85. The lowest BCUT2D eigenvalue weighted by Crippen LogP contribution is -2.29. The van der Waals surface area contributed by atoms with Gasteiger partial charge >= 0.3 is 0 Å². The van der Waals surface area contributed by atoms with Crippen LogP contribution < -0.4 is 0 Å². The highest BCUT2D eigenvalue weighted by molar-refractivity contribution is 5.65. The number of rotatable bonds is 3. The first-order valence-corrected chi connectivity index (χ1v) is 4.17. The van der Waals surface area contributed by atoms with Crippen molar-refractivity contribution in [2.45, 2.75) is 0 Å². The van der Waals surface area contributed by atoms with E-state index in [9.17, 15) is 0 Å². The maximum Gasteiger partial charge on any atom is 0.0567 e. The molecule has 0 saturated carbocycles. The summed E-state index contributed by atoms with van der Waals surface area (Å²) in [5.74, 6) is 0.972. The zero-order valence-electron chi connectivity index (χ0n) is 6.85. The minimum atomic E-state index is 0.486. The summed E-state index contributed by atoms with van der Waals surface area (Å²) in [6.45, 7) is 3.19. The fraction of sp³-hybridized carbons (Fsp3) is 0.750. The molecule has 0 aliphatic carbocycles. The van der Waals surface area contributed by atoms with E-state index < -0.39 is 0 Å². The normalized spacial score (nSPS) is 26.3. The molecular formula is C8H12N2O2. The van der Waals surface area contributed by atoms with Crippen LogP contribution in [0.4, 0.5) is 0 Å². The molecule has 0 bridgehead atoms. The van der Waals surface area contributed by atoms with Crippen molar-refractivity contribution in [3.8, 4) is 0 Å². The van der Waals surface area contributed by atoms with Crippen molar-refractivity contribution >= 4 is 12.4 Å². The molecule has 0 atom stereocenters. The number of hydrogen-bond donors (Lipinski definition) is 0. The SMILES string of the molecule is C(=N\N=C\C1COC1)/C1COC1. The van der Waals surface area contributed by atoms with E-state index in [2.05, 4.69) is 10.2 Å². The van der Waals surface area contributed by atoms with E-state index in [1.165, 1.54) is 0 Å².